The molecule has 1 spiro atoms. The molecule has 6 heteroatoms. The predicted octanol–water partition coefficient (Wildman–Crippen LogP) is 3.51. The first kappa shape index (κ1) is 15.7. The predicted molar refractivity (Wildman–Crippen MR) is 102 cm³/mol. The summed E-state index contributed by atoms with van der Waals surface area (Å²) in [6.07, 6.45) is 14.9. The molecule has 0 unspecified atom stereocenters. The van der Waals surface area contributed by atoms with Crippen molar-refractivity contribution in [2.75, 3.05) is 25.1 Å². The van der Waals surface area contributed by atoms with Crippen LogP contribution in [0.25, 0.3) is 16.6 Å². The monoisotopic (exact) mass is 351 g/mol. The fraction of sp³-hybridized carbons (Fsp3) is 0.500. The number of nitrogens with zero attached hydrogens (tertiary/aromatic N) is 5. The molecule has 0 amide bonds. The second kappa shape index (κ2) is 5.76. The summed E-state index contributed by atoms with van der Waals surface area (Å²) >= 11 is 0. The number of aromatic nitrogens is 4. The van der Waals surface area contributed by atoms with Gasteiger partial charge in [0.1, 0.15) is 11.3 Å². The first-order valence-corrected chi connectivity index (χ1v) is 9.47. The molecule has 0 atom stereocenters. The van der Waals surface area contributed by atoms with Gasteiger partial charge in [-0.1, -0.05) is 19.3 Å². The Morgan fingerprint density at radius 2 is 1.81 bits per heavy atom. The largest absolute Gasteiger partial charge is 0.494 e. The maximum Gasteiger partial charge on any atom is 0.147 e. The molecule has 1 aliphatic heterocycles. The Bertz CT molecular complexity index is 942. The van der Waals surface area contributed by atoms with E-state index in [-0.39, 0.29) is 0 Å². The second-order valence-electron chi connectivity index (χ2n) is 7.94. The van der Waals surface area contributed by atoms with Crippen LogP contribution in [-0.2, 0) is 7.05 Å². The van der Waals surface area contributed by atoms with Crippen molar-refractivity contribution in [1.29, 1.82) is 0 Å². The van der Waals surface area contributed by atoms with Gasteiger partial charge < -0.3 is 9.64 Å². The van der Waals surface area contributed by atoms with Gasteiger partial charge in [0.05, 0.1) is 25.2 Å². The number of pyridine rings is 1. The molecule has 6 nitrogen and oxygen atoms in total. The molecule has 26 heavy (non-hydrogen) atoms. The fourth-order valence-electron chi connectivity index (χ4n) is 4.74. The quantitative estimate of drug-likeness (QED) is 0.724. The van der Waals surface area contributed by atoms with Crippen molar-refractivity contribution in [3.05, 3.63) is 30.9 Å². The number of methoxy groups -OCH3 is 1. The third-order valence-electron chi connectivity index (χ3n) is 6.12. The van der Waals surface area contributed by atoms with Crippen molar-refractivity contribution in [2.24, 2.45) is 12.5 Å². The van der Waals surface area contributed by atoms with E-state index in [0.717, 1.165) is 35.5 Å². The SMILES string of the molecule is COc1cc(-c2cnn(C)c2)cn2ncc(N3CC4(CCCCC4)C3)c12. The normalized spacial score (nSPS) is 19.1. The third-order valence-corrected chi connectivity index (χ3v) is 6.12. The smallest absolute Gasteiger partial charge is 0.147 e. The maximum atomic E-state index is 5.74. The summed E-state index contributed by atoms with van der Waals surface area (Å²) in [5.74, 6) is 0.864. The lowest BCUT2D eigenvalue weighted by atomic mass is 9.68. The van der Waals surface area contributed by atoms with Gasteiger partial charge in [-0.3, -0.25) is 4.68 Å². The van der Waals surface area contributed by atoms with Gasteiger partial charge in [0.25, 0.3) is 0 Å². The summed E-state index contributed by atoms with van der Waals surface area (Å²) in [5, 5.41) is 8.90. The van der Waals surface area contributed by atoms with E-state index in [2.05, 4.69) is 27.4 Å². The first-order valence-electron chi connectivity index (χ1n) is 9.47. The Morgan fingerprint density at radius 3 is 2.50 bits per heavy atom. The van der Waals surface area contributed by atoms with Crippen molar-refractivity contribution < 1.29 is 4.74 Å². The van der Waals surface area contributed by atoms with Crippen LogP contribution in [0.15, 0.2) is 30.9 Å². The van der Waals surface area contributed by atoms with E-state index in [1.54, 1.807) is 7.11 Å². The Kier molecular flexibility index (Phi) is 3.48. The molecule has 3 aromatic rings. The number of hydrogen-bond acceptors (Lipinski definition) is 4. The van der Waals surface area contributed by atoms with Gasteiger partial charge in [-0.05, 0) is 18.9 Å². The van der Waals surface area contributed by atoms with Crippen molar-refractivity contribution in [2.45, 2.75) is 32.1 Å². The summed E-state index contributed by atoms with van der Waals surface area (Å²) in [4.78, 5) is 2.47. The van der Waals surface area contributed by atoms with Crippen LogP contribution >= 0.6 is 0 Å². The number of ether oxygens (including phenoxy) is 1. The van der Waals surface area contributed by atoms with Crippen molar-refractivity contribution in [1.82, 2.24) is 19.4 Å². The minimum absolute atomic E-state index is 0.551. The Labute approximate surface area is 153 Å². The summed E-state index contributed by atoms with van der Waals surface area (Å²) in [5.41, 5.74) is 4.93. The molecule has 1 aliphatic carbocycles. The molecule has 0 N–H and O–H groups in total. The highest BCUT2D eigenvalue weighted by Crippen LogP contribution is 2.47. The number of fused-ring (bicyclic) bond motifs is 1. The van der Waals surface area contributed by atoms with Gasteiger partial charge in [-0.15, -0.1) is 0 Å². The molecule has 136 valence electrons. The van der Waals surface area contributed by atoms with E-state index in [0.29, 0.717) is 5.41 Å². The maximum absolute atomic E-state index is 5.74. The molecule has 3 aromatic heterocycles. The molecule has 5 rings (SSSR count). The van der Waals surface area contributed by atoms with Gasteiger partial charge in [-0.25, -0.2) is 4.52 Å². The zero-order valence-corrected chi connectivity index (χ0v) is 15.5. The topological polar surface area (TPSA) is 47.6 Å². The lowest BCUT2D eigenvalue weighted by molar-refractivity contribution is 0.140. The molecule has 0 radical (unpaired) electrons. The van der Waals surface area contributed by atoms with Gasteiger partial charge in [0.2, 0.25) is 0 Å². The first-order chi connectivity index (χ1) is 12.7. The Hall–Kier alpha value is -2.50. The zero-order valence-electron chi connectivity index (χ0n) is 15.5. The molecule has 0 bridgehead atoms. The van der Waals surface area contributed by atoms with Crippen LogP contribution in [0.5, 0.6) is 5.75 Å². The third kappa shape index (κ3) is 2.39. The second-order valence-corrected chi connectivity index (χ2v) is 7.94. The average molecular weight is 351 g/mol. The summed E-state index contributed by atoms with van der Waals surface area (Å²) in [6.45, 7) is 2.31. The molecular formula is C20H25N5O. The molecule has 2 aliphatic rings. The molecule has 2 fully saturated rings. The number of rotatable bonds is 3. The number of hydrogen-bond donors (Lipinski definition) is 0. The molecule has 1 saturated carbocycles. The Morgan fingerprint density at radius 1 is 1.00 bits per heavy atom. The molecular weight excluding hydrogens is 326 g/mol. The Balaban J connectivity index is 1.50. The van der Waals surface area contributed by atoms with Crippen LogP contribution in [0.1, 0.15) is 32.1 Å². The highest BCUT2D eigenvalue weighted by molar-refractivity contribution is 5.82. The van der Waals surface area contributed by atoms with E-state index >= 15 is 0 Å². The lowest BCUT2D eigenvalue weighted by Crippen LogP contribution is -2.57. The van der Waals surface area contributed by atoms with Gasteiger partial charge in [0.15, 0.2) is 0 Å². The van der Waals surface area contributed by atoms with E-state index in [1.807, 2.05) is 34.8 Å². The van der Waals surface area contributed by atoms with Crippen LogP contribution in [0.4, 0.5) is 5.69 Å². The van der Waals surface area contributed by atoms with Crippen molar-refractivity contribution >= 4 is 11.2 Å². The minimum atomic E-state index is 0.551. The highest BCUT2D eigenvalue weighted by Gasteiger charge is 2.44. The summed E-state index contributed by atoms with van der Waals surface area (Å²) in [6, 6.07) is 2.09. The standard InChI is InChI=1S/C20H25N5O/c1-23-11-16(9-21-23)15-8-18(26-2)19-17(10-22-25(19)12-15)24-13-20(14-24)6-4-3-5-7-20/h8-12H,3-7,13-14H2,1-2H3. The van der Waals surface area contributed by atoms with Crippen LogP contribution in [0.2, 0.25) is 0 Å². The number of aryl methyl sites for hydroxylation is 1. The summed E-state index contributed by atoms with van der Waals surface area (Å²) in [7, 11) is 3.66. The van der Waals surface area contributed by atoms with E-state index in [4.69, 9.17) is 4.74 Å². The lowest BCUT2D eigenvalue weighted by Gasteiger charge is -2.53. The molecule has 4 heterocycles. The van der Waals surface area contributed by atoms with Crippen LogP contribution in [0.3, 0.4) is 0 Å². The van der Waals surface area contributed by atoms with Crippen molar-refractivity contribution in [3.63, 3.8) is 0 Å². The van der Waals surface area contributed by atoms with E-state index in [1.165, 1.54) is 37.8 Å². The highest BCUT2D eigenvalue weighted by atomic mass is 16.5. The van der Waals surface area contributed by atoms with Crippen LogP contribution in [-0.4, -0.2) is 39.6 Å². The molecule has 1 saturated heterocycles. The van der Waals surface area contributed by atoms with Crippen molar-refractivity contribution in [3.8, 4) is 16.9 Å². The van der Waals surface area contributed by atoms with E-state index in [9.17, 15) is 0 Å². The molecule has 0 aromatic carbocycles. The minimum Gasteiger partial charge on any atom is -0.494 e. The summed E-state index contributed by atoms with van der Waals surface area (Å²) < 4.78 is 9.49. The van der Waals surface area contributed by atoms with Crippen LogP contribution < -0.4 is 9.64 Å². The van der Waals surface area contributed by atoms with Gasteiger partial charge in [0, 0.05) is 49.1 Å². The number of anilines is 1. The fourth-order valence-corrected chi connectivity index (χ4v) is 4.74. The zero-order chi connectivity index (χ0) is 17.7. The average Bonchev–Trinajstić information content (AvgIpc) is 3.25. The van der Waals surface area contributed by atoms with Crippen LogP contribution in [0, 0.1) is 5.41 Å². The van der Waals surface area contributed by atoms with Gasteiger partial charge >= 0.3 is 0 Å². The van der Waals surface area contributed by atoms with E-state index < -0.39 is 0 Å². The van der Waals surface area contributed by atoms with Gasteiger partial charge in [-0.2, -0.15) is 10.2 Å².